The number of carbonyl (C=O) groups is 3. The molecule has 1 aliphatic rings. The van der Waals surface area contributed by atoms with Gasteiger partial charge in [0.1, 0.15) is 17.7 Å². The normalized spacial score (nSPS) is 15.0. The molecule has 2 aromatic rings. The Labute approximate surface area is 227 Å². The number of nitrogens with zero attached hydrogens (tertiary/aromatic N) is 1. The van der Waals surface area contributed by atoms with Crippen LogP contribution in [0.1, 0.15) is 81.3 Å². The topological polar surface area (TPSA) is 87.7 Å². The van der Waals surface area contributed by atoms with Gasteiger partial charge in [0.15, 0.2) is 0 Å². The molecule has 2 unspecified atom stereocenters. The molecule has 3 rings (SSSR count). The average Bonchev–Trinajstić information content (AvgIpc) is 3.63. The van der Waals surface area contributed by atoms with E-state index in [1.54, 1.807) is 25.7 Å². The zero-order valence-electron chi connectivity index (χ0n) is 24.3. The quantitative estimate of drug-likeness (QED) is 0.437. The molecule has 0 radical (unpaired) electrons. The van der Waals surface area contributed by atoms with Crippen molar-refractivity contribution in [3.05, 3.63) is 64.2 Å². The molecule has 0 aliphatic heterocycles. The maximum atomic E-state index is 14.2. The number of amides is 3. The lowest BCUT2D eigenvalue weighted by Crippen LogP contribution is -2.55. The summed E-state index contributed by atoms with van der Waals surface area (Å²) >= 11 is 0. The van der Waals surface area contributed by atoms with Crippen LogP contribution in [0.15, 0.2) is 36.4 Å². The van der Waals surface area contributed by atoms with E-state index in [1.807, 2.05) is 77.9 Å². The second-order valence-corrected chi connectivity index (χ2v) is 11.9. The summed E-state index contributed by atoms with van der Waals surface area (Å²) in [6.45, 7) is 17.0. The zero-order chi connectivity index (χ0) is 28.4. The fourth-order valence-corrected chi connectivity index (χ4v) is 4.65. The molecule has 1 fully saturated rings. The van der Waals surface area contributed by atoms with Crippen LogP contribution in [0.3, 0.4) is 0 Å². The number of aryl methyl sites for hydroxylation is 4. The van der Waals surface area contributed by atoms with E-state index in [9.17, 15) is 14.4 Å². The highest BCUT2D eigenvalue weighted by molar-refractivity contribution is 6.00. The predicted molar refractivity (Wildman–Crippen MR) is 151 cm³/mol. The Balaban J connectivity index is 2.06. The Kier molecular flexibility index (Phi) is 8.90. The maximum absolute atomic E-state index is 14.2. The van der Waals surface area contributed by atoms with Crippen LogP contribution in [0, 0.1) is 33.6 Å². The van der Waals surface area contributed by atoms with Gasteiger partial charge in [0.05, 0.1) is 0 Å². The van der Waals surface area contributed by atoms with Gasteiger partial charge in [-0.25, -0.2) is 4.79 Å². The van der Waals surface area contributed by atoms with Gasteiger partial charge >= 0.3 is 6.09 Å². The van der Waals surface area contributed by atoms with Crippen molar-refractivity contribution >= 4 is 23.6 Å². The molecule has 38 heavy (non-hydrogen) atoms. The van der Waals surface area contributed by atoms with Crippen LogP contribution in [0.2, 0.25) is 0 Å². The summed E-state index contributed by atoms with van der Waals surface area (Å²) in [5, 5.41) is 5.93. The number of rotatable bonds is 8. The number of hydrogen-bond donors (Lipinski definition) is 2. The molecule has 0 aromatic heterocycles. The highest BCUT2D eigenvalue weighted by atomic mass is 16.6. The first kappa shape index (κ1) is 29.2. The summed E-state index contributed by atoms with van der Waals surface area (Å²) in [6.07, 6.45) is 0.964. The van der Waals surface area contributed by atoms with Crippen molar-refractivity contribution in [3.8, 4) is 0 Å². The lowest BCUT2D eigenvalue weighted by atomic mass is 9.94. The van der Waals surface area contributed by atoms with Gasteiger partial charge in [0.25, 0.3) is 5.91 Å². The first-order chi connectivity index (χ1) is 17.7. The predicted octanol–water partition coefficient (Wildman–Crippen LogP) is 6.14. The average molecular weight is 522 g/mol. The molecule has 2 atom stereocenters. The second kappa shape index (κ2) is 11.6. The van der Waals surface area contributed by atoms with Crippen LogP contribution in [0.5, 0.6) is 0 Å². The minimum Gasteiger partial charge on any atom is -0.444 e. The Morgan fingerprint density at radius 1 is 0.947 bits per heavy atom. The van der Waals surface area contributed by atoms with Crippen molar-refractivity contribution in [1.29, 1.82) is 0 Å². The molecule has 0 saturated heterocycles. The van der Waals surface area contributed by atoms with Gasteiger partial charge in [0, 0.05) is 11.7 Å². The Bertz CT molecular complexity index is 1170. The van der Waals surface area contributed by atoms with Gasteiger partial charge in [0.2, 0.25) is 5.91 Å². The van der Waals surface area contributed by atoms with Crippen LogP contribution in [0.25, 0.3) is 0 Å². The molecule has 2 N–H and O–H groups in total. The van der Waals surface area contributed by atoms with Crippen LogP contribution in [0.4, 0.5) is 10.5 Å². The summed E-state index contributed by atoms with van der Waals surface area (Å²) in [6, 6.07) is 10.1. The van der Waals surface area contributed by atoms with Crippen molar-refractivity contribution in [2.75, 3.05) is 5.32 Å². The van der Waals surface area contributed by atoms with Gasteiger partial charge in [-0.2, -0.15) is 0 Å². The summed E-state index contributed by atoms with van der Waals surface area (Å²) in [4.78, 5) is 42.8. The number of alkyl carbamates (subject to hydrolysis) is 1. The van der Waals surface area contributed by atoms with Crippen molar-refractivity contribution in [2.45, 2.75) is 98.9 Å². The van der Waals surface area contributed by atoms with Crippen LogP contribution >= 0.6 is 0 Å². The molecule has 2 aromatic carbocycles. The zero-order valence-corrected chi connectivity index (χ0v) is 24.3. The second-order valence-electron chi connectivity index (χ2n) is 11.9. The minimum atomic E-state index is -0.851. The fourth-order valence-electron chi connectivity index (χ4n) is 4.65. The summed E-state index contributed by atoms with van der Waals surface area (Å²) < 4.78 is 5.46. The maximum Gasteiger partial charge on any atom is 0.408 e. The van der Waals surface area contributed by atoms with E-state index in [1.165, 1.54) is 0 Å². The number of nitrogens with one attached hydrogen (secondary N) is 2. The van der Waals surface area contributed by atoms with Crippen LogP contribution < -0.4 is 10.6 Å². The lowest BCUT2D eigenvalue weighted by Gasteiger charge is -2.36. The molecule has 7 nitrogen and oxygen atoms in total. The lowest BCUT2D eigenvalue weighted by molar-refractivity contribution is -0.142. The number of hydrogen-bond acceptors (Lipinski definition) is 4. The smallest absolute Gasteiger partial charge is 0.408 e. The molecule has 206 valence electrons. The SMILES string of the molecule is Cc1ccc(C)c(C(C(=O)Nc2c(C)cccc2C)N(C(=O)C(NC(=O)OC(C)(C)C)C(C)C)C2CC2)c1. The van der Waals surface area contributed by atoms with E-state index in [0.29, 0.717) is 0 Å². The van der Waals surface area contributed by atoms with Crippen molar-refractivity contribution < 1.29 is 19.1 Å². The van der Waals surface area contributed by atoms with Gasteiger partial charge in [-0.05, 0) is 89.5 Å². The molecule has 1 aliphatic carbocycles. The fraction of sp³-hybridized carbons (Fsp3) is 0.516. The highest BCUT2D eigenvalue weighted by Crippen LogP contribution is 2.38. The third kappa shape index (κ3) is 7.15. The standard InChI is InChI=1S/C31H43N3O4/c1-18(2)25(33-30(37)38-31(7,8)9)29(36)34(23-15-16-23)27(24-17-19(3)13-14-20(24)4)28(35)32-26-21(5)11-10-12-22(26)6/h10-14,17-18,23,25,27H,15-16H2,1-9H3,(H,32,35)(H,33,37). The molecule has 0 heterocycles. The Morgan fingerprint density at radius 2 is 1.55 bits per heavy atom. The van der Waals surface area contributed by atoms with Crippen molar-refractivity contribution in [3.63, 3.8) is 0 Å². The summed E-state index contributed by atoms with van der Waals surface area (Å²) in [5.74, 6) is -0.760. The molecule has 0 spiro atoms. The van der Waals surface area contributed by atoms with E-state index in [4.69, 9.17) is 4.74 Å². The van der Waals surface area contributed by atoms with Gasteiger partial charge in [-0.1, -0.05) is 55.8 Å². The van der Waals surface area contributed by atoms with Crippen LogP contribution in [-0.2, 0) is 14.3 Å². The van der Waals surface area contributed by atoms with Crippen molar-refractivity contribution in [2.24, 2.45) is 5.92 Å². The third-order valence-electron chi connectivity index (χ3n) is 6.78. The van der Waals surface area contributed by atoms with Gasteiger partial charge < -0.3 is 20.3 Å². The van der Waals surface area contributed by atoms with E-state index in [0.717, 1.165) is 46.3 Å². The van der Waals surface area contributed by atoms with Gasteiger partial charge in [-0.3, -0.25) is 9.59 Å². The van der Waals surface area contributed by atoms with E-state index < -0.39 is 23.8 Å². The van der Waals surface area contributed by atoms with E-state index in [2.05, 4.69) is 10.6 Å². The van der Waals surface area contributed by atoms with E-state index >= 15 is 0 Å². The Hall–Kier alpha value is -3.35. The first-order valence-corrected chi connectivity index (χ1v) is 13.5. The number of benzene rings is 2. The van der Waals surface area contributed by atoms with Gasteiger partial charge in [-0.15, -0.1) is 0 Å². The number of para-hydroxylation sites is 1. The summed E-state index contributed by atoms with van der Waals surface area (Å²) in [5.41, 5.74) is 4.68. The molecule has 1 saturated carbocycles. The number of carbonyl (C=O) groups excluding carboxylic acids is 3. The molecular formula is C31H43N3O4. The monoisotopic (exact) mass is 521 g/mol. The molecule has 3 amide bonds. The molecular weight excluding hydrogens is 478 g/mol. The van der Waals surface area contributed by atoms with Crippen molar-refractivity contribution in [1.82, 2.24) is 10.2 Å². The first-order valence-electron chi connectivity index (χ1n) is 13.5. The molecule has 0 bridgehead atoms. The molecule has 7 heteroatoms. The van der Waals surface area contributed by atoms with E-state index in [-0.39, 0.29) is 23.8 Å². The van der Waals surface area contributed by atoms with Crippen LogP contribution in [-0.4, -0.2) is 40.5 Å². The highest BCUT2D eigenvalue weighted by Gasteiger charge is 2.45. The largest absolute Gasteiger partial charge is 0.444 e. The Morgan fingerprint density at radius 3 is 2.08 bits per heavy atom. The number of ether oxygens (including phenoxy) is 1. The summed E-state index contributed by atoms with van der Waals surface area (Å²) in [7, 11) is 0. The minimum absolute atomic E-state index is 0.0854. The third-order valence-corrected chi connectivity index (χ3v) is 6.78. The number of anilines is 1.